The van der Waals surface area contributed by atoms with Crippen LogP contribution in [0.5, 0.6) is 5.75 Å². The molecule has 0 fully saturated rings. The Kier molecular flexibility index (Phi) is 4.36. The Balaban J connectivity index is 1.96. The molecule has 17 heavy (non-hydrogen) atoms. The molecular formula is C11H13N3OS2. The number of methoxy groups -OCH3 is 1. The fourth-order valence-electron chi connectivity index (χ4n) is 1.36. The largest absolute Gasteiger partial charge is 0.497 e. The van der Waals surface area contributed by atoms with E-state index in [9.17, 15) is 0 Å². The zero-order chi connectivity index (χ0) is 12.1. The highest BCUT2D eigenvalue weighted by molar-refractivity contribution is 8.01. The highest BCUT2D eigenvalue weighted by atomic mass is 32.2. The highest BCUT2D eigenvalue weighted by Gasteiger charge is 2.08. The van der Waals surface area contributed by atoms with Gasteiger partial charge < -0.3 is 10.5 Å². The number of nitrogens with two attached hydrogens (primary N) is 1. The summed E-state index contributed by atoms with van der Waals surface area (Å²) in [5, 5.41) is 7.75. The van der Waals surface area contributed by atoms with E-state index in [1.54, 1.807) is 24.4 Å². The summed E-state index contributed by atoms with van der Waals surface area (Å²) in [4.78, 5) is 0. The molecule has 2 N–H and O–H groups in total. The quantitative estimate of drug-likeness (QED) is 0.843. The molecule has 0 radical (unpaired) electrons. The topological polar surface area (TPSA) is 61.0 Å². The van der Waals surface area contributed by atoms with E-state index in [4.69, 9.17) is 10.5 Å². The van der Waals surface area contributed by atoms with Crippen LogP contribution in [0.2, 0.25) is 0 Å². The smallest absolute Gasteiger partial charge is 0.174 e. The molecule has 0 amide bonds. The fraction of sp³-hybridized carbons (Fsp3) is 0.273. The molecule has 0 bridgehead atoms. The molecule has 0 aliphatic carbocycles. The molecule has 0 saturated carbocycles. The van der Waals surface area contributed by atoms with Crippen molar-refractivity contribution in [2.75, 3.05) is 12.9 Å². The van der Waals surface area contributed by atoms with Crippen LogP contribution in [-0.4, -0.2) is 23.1 Å². The molecular weight excluding hydrogens is 254 g/mol. The predicted molar refractivity (Wildman–Crippen MR) is 70.6 cm³/mol. The second-order valence-corrected chi connectivity index (χ2v) is 5.50. The van der Waals surface area contributed by atoms with Gasteiger partial charge in [0.15, 0.2) is 4.34 Å². The number of thioether (sulfide) groups is 1. The number of rotatable bonds is 5. The van der Waals surface area contributed by atoms with Gasteiger partial charge in [0.05, 0.1) is 7.11 Å². The van der Waals surface area contributed by atoms with Crippen LogP contribution in [0.3, 0.4) is 0 Å². The van der Waals surface area contributed by atoms with Crippen molar-refractivity contribution in [3.63, 3.8) is 0 Å². The van der Waals surface area contributed by atoms with Gasteiger partial charge in [0.1, 0.15) is 11.3 Å². The van der Waals surface area contributed by atoms with E-state index in [2.05, 4.69) is 10.2 Å². The van der Waals surface area contributed by atoms with Crippen molar-refractivity contribution in [2.24, 2.45) is 5.73 Å². The van der Waals surface area contributed by atoms with E-state index in [0.29, 0.717) is 0 Å². The van der Waals surface area contributed by atoms with Gasteiger partial charge in [0, 0.05) is 11.8 Å². The van der Waals surface area contributed by atoms with Crippen LogP contribution in [-0.2, 0) is 0 Å². The Hall–Kier alpha value is -1.11. The number of hydrogen-bond acceptors (Lipinski definition) is 6. The predicted octanol–water partition coefficient (Wildman–Crippen LogP) is 2.34. The van der Waals surface area contributed by atoms with E-state index < -0.39 is 0 Å². The summed E-state index contributed by atoms with van der Waals surface area (Å²) in [6, 6.07) is 7.80. The summed E-state index contributed by atoms with van der Waals surface area (Å²) in [6.07, 6.45) is 0. The van der Waals surface area contributed by atoms with Crippen molar-refractivity contribution in [1.82, 2.24) is 10.2 Å². The summed E-state index contributed by atoms with van der Waals surface area (Å²) in [7, 11) is 1.65. The Morgan fingerprint density at radius 3 is 3.12 bits per heavy atom. The third-order valence-corrected chi connectivity index (χ3v) is 4.23. The monoisotopic (exact) mass is 267 g/mol. The van der Waals surface area contributed by atoms with Gasteiger partial charge in [-0.15, -0.1) is 10.2 Å². The first-order chi connectivity index (χ1) is 8.29. The molecule has 1 aromatic carbocycles. The first-order valence-electron chi connectivity index (χ1n) is 5.08. The fourth-order valence-corrected chi connectivity index (χ4v) is 2.86. The molecule has 1 heterocycles. The van der Waals surface area contributed by atoms with E-state index in [1.165, 1.54) is 11.3 Å². The highest BCUT2D eigenvalue weighted by Crippen LogP contribution is 2.25. The maximum Gasteiger partial charge on any atom is 0.174 e. The molecule has 1 atom stereocenters. The van der Waals surface area contributed by atoms with Crippen molar-refractivity contribution in [3.05, 3.63) is 35.3 Å². The van der Waals surface area contributed by atoms with Crippen molar-refractivity contribution in [3.8, 4) is 5.75 Å². The van der Waals surface area contributed by atoms with Gasteiger partial charge in [-0.1, -0.05) is 35.2 Å². The number of benzene rings is 1. The van der Waals surface area contributed by atoms with Crippen molar-refractivity contribution < 1.29 is 4.74 Å². The minimum Gasteiger partial charge on any atom is -0.497 e. The van der Waals surface area contributed by atoms with Gasteiger partial charge in [-0.25, -0.2) is 0 Å². The average molecular weight is 267 g/mol. The zero-order valence-corrected chi connectivity index (χ0v) is 11.0. The SMILES string of the molecule is COc1cccc(C(N)CSc2nncs2)c1. The van der Waals surface area contributed by atoms with Crippen molar-refractivity contribution in [1.29, 1.82) is 0 Å². The van der Waals surface area contributed by atoms with Gasteiger partial charge >= 0.3 is 0 Å². The van der Waals surface area contributed by atoms with Gasteiger partial charge in [-0.3, -0.25) is 0 Å². The lowest BCUT2D eigenvalue weighted by molar-refractivity contribution is 0.414. The van der Waals surface area contributed by atoms with E-state index in [0.717, 1.165) is 21.4 Å². The van der Waals surface area contributed by atoms with E-state index in [1.807, 2.05) is 24.3 Å². The van der Waals surface area contributed by atoms with Crippen LogP contribution in [0.1, 0.15) is 11.6 Å². The number of aromatic nitrogens is 2. The summed E-state index contributed by atoms with van der Waals surface area (Å²) in [5.41, 5.74) is 8.91. The number of hydrogen-bond donors (Lipinski definition) is 1. The van der Waals surface area contributed by atoms with E-state index in [-0.39, 0.29) is 6.04 Å². The number of ether oxygens (including phenoxy) is 1. The van der Waals surface area contributed by atoms with Crippen molar-refractivity contribution >= 4 is 23.1 Å². The molecule has 0 aliphatic heterocycles. The lowest BCUT2D eigenvalue weighted by Gasteiger charge is -2.11. The Morgan fingerprint density at radius 1 is 1.53 bits per heavy atom. The van der Waals surface area contributed by atoms with Gasteiger partial charge in [-0.05, 0) is 17.7 Å². The molecule has 0 saturated heterocycles. The molecule has 4 nitrogen and oxygen atoms in total. The van der Waals surface area contributed by atoms with Gasteiger partial charge in [0.25, 0.3) is 0 Å². The van der Waals surface area contributed by atoms with Crippen LogP contribution in [0.25, 0.3) is 0 Å². The Morgan fingerprint density at radius 2 is 2.41 bits per heavy atom. The molecule has 0 spiro atoms. The average Bonchev–Trinajstić information content (AvgIpc) is 2.89. The lowest BCUT2D eigenvalue weighted by atomic mass is 10.1. The zero-order valence-electron chi connectivity index (χ0n) is 9.37. The second-order valence-electron chi connectivity index (χ2n) is 3.40. The Bertz CT molecular complexity index is 461. The summed E-state index contributed by atoms with van der Waals surface area (Å²) in [5.74, 6) is 1.61. The summed E-state index contributed by atoms with van der Waals surface area (Å²) < 4.78 is 6.12. The van der Waals surface area contributed by atoms with E-state index >= 15 is 0 Å². The molecule has 2 aromatic rings. The summed E-state index contributed by atoms with van der Waals surface area (Å²) in [6.45, 7) is 0. The first kappa shape index (κ1) is 12.3. The minimum atomic E-state index is -0.0287. The molecule has 1 aromatic heterocycles. The van der Waals surface area contributed by atoms with Crippen LogP contribution in [0.4, 0.5) is 0 Å². The Labute approximate surface area is 108 Å². The maximum atomic E-state index is 6.12. The standard InChI is InChI=1S/C11H13N3OS2/c1-15-9-4-2-3-8(5-9)10(12)6-16-11-14-13-7-17-11/h2-5,7,10H,6,12H2,1H3. The van der Waals surface area contributed by atoms with Crippen LogP contribution >= 0.6 is 23.1 Å². The molecule has 6 heteroatoms. The van der Waals surface area contributed by atoms with Crippen LogP contribution < -0.4 is 10.5 Å². The van der Waals surface area contributed by atoms with Crippen LogP contribution in [0, 0.1) is 0 Å². The minimum absolute atomic E-state index is 0.0287. The molecule has 2 rings (SSSR count). The summed E-state index contributed by atoms with van der Waals surface area (Å²) >= 11 is 3.15. The van der Waals surface area contributed by atoms with Gasteiger partial charge in [0.2, 0.25) is 0 Å². The molecule has 0 aliphatic rings. The molecule has 1 unspecified atom stereocenters. The second kappa shape index (κ2) is 6.00. The van der Waals surface area contributed by atoms with Gasteiger partial charge in [-0.2, -0.15) is 0 Å². The number of nitrogens with zero attached hydrogens (tertiary/aromatic N) is 2. The van der Waals surface area contributed by atoms with Crippen LogP contribution in [0.15, 0.2) is 34.1 Å². The van der Waals surface area contributed by atoms with Crippen molar-refractivity contribution in [2.45, 2.75) is 10.4 Å². The third-order valence-electron chi connectivity index (χ3n) is 2.25. The normalized spacial score (nSPS) is 12.4. The lowest BCUT2D eigenvalue weighted by Crippen LogP contribution is -2.12. The maximum absolute atomic E-state index is 6.12. The third kappa shape index (κ3) is 3.42. The molecule has 90 valence electrons. The first-order valence-corrected chi connectivity index (χ1v) is 6.94.